The first-order valence-corrected chi connectivity index (χ1v) is 6.93. The Kier molecular flexibility index (Phi) is 4.43. The summed E-state index contributed by atoms with van der Waals surface area (Å²) in [5, 5.41) is 12.3. The van der Waals surface area contributed by atoms with E-state index in [9.17, 15) is 4.79 Å². The van der Waals surface area contributed by atoms with E-state index in [0.717, 1.165) is 36.9 Å². The lowest BCUT2D eigenvalue weighted by Gasteiger charge is -2.20. The van der Waals surface area contributed by atoms with Crippen LogP contribution < -0.4 is 5.32 Å². The fourth-order valence-corrected chi connectivity index (χ4v) is 2.37. The molecular weight excluding hydrogens is 240 g/mol. The van der Waals surface area contributed by atoms with Crippen LogP contribution in [0.15, 0.2) is 18.2 Å². The molecule has 2 N–H and O–H groups in total. The van der Waals surface area contributed by atoms with E-state index < -0.39 is 5.97 Å². The van der Waals surface area contributed by atoms with Gasteiger partial charge in [0.15, 0.2) is 0 Å². The van der Waals surface area contributed by atoms with Crippen LogP contribution in [0.1, 0.15) is 35.7 Å². The van der Waals surface area contributed by atoms with Crippen LogP contribution in [0.3, 0.4) is 0 Å². The molecule has 1 aromatic rings. The fourth-order valence-electron chi connectivity index (χ4n) is 2.37. The number of nitrogens with one attached hydrogen (secondary N) is 1. The van der Waals surface area contributed by atoms with E-state index in [1.54, 1.807) is 12.1 Å². The lowest BCUT2D eigenvalue weighted by molar-refractivity contribution is 0.0697. The first-order valence-electron chi connectivity index (χ1n) is 6.93. The molecule has 0 heterocycles. The predicted octanol–water partition coefficient (Wildman–Crippen LogP) is 2.59. The third kappa shape index (κ3) is 3.70. The van der Waals surface area contributed by atoms with E-state index in [0.29, 0.717) is 5.56 Å². The van der Waals surface area contributed by atoms with Gasteiger partial charge in [0, 0.05) is 24.8 Å². The van der Waals surface area contributed by atoms with Crippen molar-refractivity contribution in [2.75, 3.05) is 25.0 Å². The largest absolute Gasteiger partial charge is 0.478 e. The zero-order valence-corrected chi connectivity index (χ0v) is 11.6. The predicted molar refractivity (Wildman–Crippen MR) is 76.9 cm³/mol. The van der Waals surface area contributed by atoms with Gasteiger partial charge in [-0.05, 0) is 50.1 Å². The molecule has 0 aromatic heterocycles. The highest BCUT2D eigenvalue weighted by molar-refractivity contribution is 5.88. The van der Waals surface area contributed by atoms with E-state index in [1.807, 2.05) is 13.0 Å². The second-order valence-corrected chi connectivity index (χ2v) is 5.12. The third-order valence-corrected chi connectivity index (χ3v) is 3.66. The van der Waals surface area contributed by atoms with Gasteiger partial charge in [0.1, 0.15) is 0 Å². The number of hydrogen-bond donors (Lipinski definition) is 2. The summed E-state index contributed by atoms with van der Waals surface area (Å²) in [5.41, 5.74) is 2.35. The summed E-state index contributed by atoms with van der Waals surface area (Å²) in [5.74, 6) is -0.874. The van der Waals surface area contributed by atoms with Gasteiger partial charge in [-0.25, -0.2) is 4.79 Å². The van der Waals surface area contributed by atoms with Crippen molar-refractivity contribution < 1.29 is 9.90 Å². The van der Waals surface area contributed by atoms with Crippen molar-refractivity contribution in [3.05, 3.63) is 29.3 Å². The minimum Gasteiger partial charge on any atom is -0.478 e. The van der Waals surface area contributed by atoms with Gasteiger partial charge < -0.3 is 10.4 Å². The Morgan fingerprint density at radius 3 is 2.74 bits per heavy atom. The smallest absolute Gasteiger partial charge is 0.335 e. The van der Waals surface area contributed by atoms with Crippen LogP contribution in [0, 0.1) is 6.92 Å². The Bertz CT molecular complexity index is 455. The van der Waals surface area contributed by atoms with E-state index in [1.165, 1.54) is 12.8 Å². The van der Waals surface area contributed by atoms with Crippen molar-refractivity contribution in [3.63, 3.8) is 0 Å². The van der Waals surface area contributed by atoms with E-state index >= 15 is 0 Å². The van der Waals surface area contributed by atoms with Gasteiger partial charge in [0.2, 0.25) is 0 Å². The molecule has 1 fully saturated rings. The van der Waals surface area contributed by atoms with E-state index in [2.05, 4.69) is 17.1 Å². The van der Waals surface area contributed by atoms with Crippen LogP contribution >= 0.6 is 0 Å². The Morgan fingerprint density at radius 2 is 2.21 bits per heavy atom. The Balaban J connectivity index is 1.87. The number of aryl methyl sites for hydroxylation is 1. The number of hydrogen-bond acceptors (Lipinski definition) is 3. The molecule has 1 saturated carbocycles. The summed E-state index contributed by atoms with van der Waals surface area (Å²) in [7, 11) is 0. The molecule has 0 unspecified atom stereocenters. The summed E-state index contributed by atoms with van der Waals surface area (Å²) < 4.78 is 0. The summed E-state index contributed by atoms with van der Waals surface area (Å²) in [4.78, 5) is 13.4. The topological polar surface area (TPSA) is 52.6 Å². The SMILES string of the molecule is CCN(CCNc1ccc(C(=O)O)cc1C)C1CC1. The highest BCUT2D eigenvalue weighted by atomic mass is 16.4. The average molecular weight is 262 g/mol. The number of anilines is 1. The zero-order chi connectivity index (χ0) is 13.8. The van der Waals surface area contributed by atoms with Gasteiger partial charge in [-0.15, -0.1) is 0 Å². The first kappa shape index (κ1) is 13.9. The molecule has 19 heavy (non-hydrogen) atoms. The van der Waals surface area contributed by atoms with E-state index in [-0.39, 0.29) is 0 Å². The number of likely N-dealkylation sites (N-methyl/N-ethyl adjacent to an activating group) is 1. The van der Waals surface area contributed by atoms with Gasteiger partial charge in [-0.3, -0.25) is 4.90 Å². The zero-order valence-electron chi connectivity index (χ0n) is 11.6. The van der Waals surface area contributed by atoms with Gasteiger partial charge in [-0.2, -0.15) is 0 Å². The Hall–Kier alpha value is -1.55. The van der Waals surface area contributed by atoms with Crippen LogP contribution in [-0.4, -0.2) is 41.7 Å². The second-order valence-electron chi connectivity index (χ2n) is 5.12. The quantitative estimate of drug-likeness (QED) is 0.793. The molecule has 1 aromatic carbocycles. The number of nitrogens with zero attached hydrogens (tertiary/aromatic N) is 1. The van der Waals surface area contributed by atoms with Crippen LogP contribution in [0.4, 0.5) is 5.69 Å². The highest BCUT2D eigenvalue weighted by Gasteiger charge is 2.27. The van der Waals surface area contributed by atoms with Crippen molar-refractivity contribution in [1.82, 2.24) is 4.90 Å². The molecule has 0 spiro atoms. The molecule has 0 atom stereocenters. The normalized spacial score (nSPS) is 14.7. The molecule has 1 aliphatic rings. The standard InChI is InChI=1S/C15H22N2O2/c1-3-17(13-5-6-13)9-8-16-14-7-4-12(15(18)19)10-11(14)2/h4,7,10,13,16H,3,5-6,8-9H2,1-2H3,(H,18,19). The summed E-state index contributed by atoms with van der Waals surface area (Å²) >= 11 is 0. The molecule has 104 valence electrons. The first-order chi connectivity index (χ1) is 9.11. The molecule has 2 rings (SSSR count). The fraction of sp³-hybridized carbons (Fsp3) is 0.533. The minimum absolute atomic E-state index is 0.344. The second kappa shape index (κ2) is 6.06. The Morgan fingerprint density at radius 1 is 1.47 bits per heavy atom. The van der Waals surface area contributed by atoms with Crippen LogP contribution in [0.5, 0.6) is 0 Å². The lowest BCUT2D eigenvalue weighted by Crippen LogP contribution is -2.31. The summed E-state index contributed by atoms with van der Waals surface area (Å²) in [6, 6.07) is 6.01. The molecule has 1 aliphatic carbocycles. The van der Waals surface area contributed by atoms with Crippen molar-refractivity contribution in [1.29, 1.82) is 0 Å². The molecule has 0 saturated heterocycles. The molecular formula is C15H22N2O2. The van der Waals surface area contributed by atoms with Gasteiger partial charge >= 0.3 is 5.97 Å². The number of carboxylic acid groups (broad SMARTS) is 1. The number of carbonyl (C=O) groups is 1. The number of carboxylic acids is 1. The van der Waals surface area contributed by atoms with Crippen molar-refractivity contribution in [2.24, 2.45) is 0 Å². The molecule has 0 amide bonds. The van der Waals surface area contributed by atoms with E-state index in [4.69, 9.17) is 5.11 Å². The number of rotatable bonds is 7. The van der Waals surface area contributed by atoms with Crippen molar-refractivity contribution >= 4 is 11.7 Å². The van der Waals surface area contributed by atoms with Gasteiger partial charge in [-0.1, -0.05) is 6.92 Å². The van der Waals surface area contributed by atoms with Crippen LogP contribution in [0.2, 0.25) is 0 Å². The molecule has 4 heteroatoms. The van der Waals surface area contributed by atoms with Crippen LogP contribution in [0.25, 0.3) is 0 Å². The van der Waals surface area contributed by atoms with Gasteiger partial charge in [0.25, 0.3) is 0 Å². The maximum Gasteiger partial charge on any atom is 0.335 e. The maximum atomic E-state index is 10.9. The Labute approximate surface area is 114 Å². The van der Waals surface area contributed by atoms with Crippen LogP contribution in [-0.2, 0) is 0 Å². The molecule has 0 bridgehead atoms. The van der Waals surface area contributed by atoms with Crippen molar-refractivity contribution in [2.45, 2.75) is 32.7 Å². The minimum atomic E-state index is -0.874. The summed E-state index contributed by atoms with van der Waals surface area (Å²) in [6.45, 7) is 7.18. The maximum absolute atomic E-state index is 10.9. The third-order valence-electron chi connectivity index (χ3n) is 3.66. The lowest BCUT2D eigenvalue weighted by atomic mass is 10.1. The summed E-state index contributed by atoms with van der Waals surface area (Å²) in [6.07, 6.45) is 2.67. The average Bonchev–Trinajstić information content (AvgIpc) is 3.20. The van der Waals surface area contributed by atoms with Crippen molar-refractivity contribution in [3.8, 4) is 0 Å². The molecule has 0 radical (unpaired) electrons. The molecule has 0 aliphatic heterocycles. The monoisotopic (exact) mass is 262 g/mol. The number of aromatic carboxylic acids is 1. The highest BCUT2D eigenvalue weighted by Crippen LogP contribution is 2.26. The number of benzene rings is 1. The van der Waals surface area contributed by atoms with Gasteiger partial charge in [0.05, 0.1) is 5.56 Å². The molecule has 4 nitrogen and oxygen atoms in total.